The van der Waals surface area contributed by atoms with Crippen molar-refractivity contribution in [2.75, 3.05) is 18.9 Å². The number of para-hydroxylation sites is 1. The van der Waals surface area contributed by atoms with Crippen molar-refractivity contribution in [2.45, 2.75) is 11.5 Å². The highest BCUT2D eigenvalue weighted by Gasteiger charge is 2.64. The van der Waals surface area contributed by atoms with E-state index in [4.69, 9.17) is 4.42 Å². The summed E-state index contributed by atoms with van der Waals surface area (Å²) in [5.74, 6) is -1.48. The molecule has 1 spiro atoms. The molecule has 1 amide bonds. The van der Waals surface area contributed by atoms with Crippen LogP contribution in [0, 0.1) is 16.0 Å². The minimum atomic E-state index is -1.20. The lowest BCUT2D eigenvalue weighted by atomic mass is 9.71. The zero-order chi connectivity index (χ0) is 21.8. The molecule has 1 saturated heterocycles. The van der Waals surface area contributed by atoms with Crippen molar-refractivity contribution in [3.63, 3.8) is 0 Å². The van der Waals surface area contributed by atoms with Gasteiger partial charge >= 0.3 is 0 Å². The third kappa shape index (κ3) is 2.65. The number of likely N-dealkylation sites (N-methyl/N-ethyl adjacent to an activating group) is 1. The number of fused-ring (bicyclic) bond motifs is 2. The maximum absolute atomic E-state index is 13.7. The fourth-order valence-electron chi connectivity index (χ4n) is 5.11. The number of nitrogens with one attached hydrogen (secondary N) is 1. The average molecular weight is 417 g/mol. The number of likely N-dealkylation sites (tertiary alicyclic amines) is 1. The van der Waals surface area contributed by atoms with Crippen LogP contribution in [0.25, 0.3) is 0 Å². The van der Waals surface area contributed by atoms with Crippen LogP contribution in [0.1, 0.15) is 27.6 Å². The Kier molecular flexibility index (Phi) is 4.26. The molecule has 0 radical (unpaired) electrons. The van der Waals surface area contributed by atoms with Crippen molar-refractivity contribution in [3.8, 4) is 0 Å². The van der Waals surface area contributed by atoms with E-state index in [0.717, 1.165) is 11.1 Å². The number of nitro benzene ring substituents is 1. The van der Waals surface area contributed by atoms with E-state index in [0.29, 0.717) is 12.2 Å². The van der Waals surface area contributed by atoms with Crippen molar-refractivity contribution in [1.29, 1.82) is 0 Å². The summed E-state index contributed by atoms with van der Waals surface area (Å²) in [5.41, 5.74) is 0.962. The molecule has 1 aromatic heterocycles. The molecule has 0 aliphatic carbocycles. The lowest BCUT2D eigenvalue weighted by molar-refractivity contribution is -0.384. The van der Waals surface area contributed by atoms with E-state index < -0.39 is 16.4 Å². The Morgan fingerprint density at radius 1 is 1.16 bits per heavy atom. The van der Waals surface area contributed by atoms with Gasteiger partial charge in [0, 0.05) is 35.8 Å². The molecule has 8 nitrogen and oxygen atoms in total. The SMILES string of the molecule is CN1C[C@H](c2ccc([N+](=O)[O-])cc2)[C@@H](C(=O)c2ccco2)[C@]12C(=O)Nc1ccccc12. The molecule has 2 aliphatic rings. The quantitative estimate of drug-likeness (QED) is 0.395. The van der Waals surface area contributed by atoms with E-state index in [1.165, 1.54) is 18.4 Å². The van der Waals surface area contributed by atoms with E-state index in [9.17, 15) is 19.7 Å². The Balaban J connectivity index is 1.69. The molecule has 3 heterocycles. The van der Waals surface area contributed by atoms with E-state index in [2.05, 4.69) is 5.32 Å². The van der Waals surface area contributed by atoms with Gasteiger partial charge in [-0.25, -0.2) is 0 Å². The number of nitro groups is 1. The fourth-order valence-corrected chi connectivity index (χ4v) is 5.11. The first-order valence-electron chi connectivity index (χ1n) is 9.89. The molecule has 0 unspecified atom stereocenters. The molecule has 3 atom stereocenters. The van der Waals surface area contributed by atoms with Gasteiger partial charge < -0.3 is 9.73 Å². The van der Waals surface area contributed by atoms with Crippen molar-refractivity contribution < 1.29 is 18.9 Å². The van der Waals surface area contributed by atoms with Crippen molar-refractivity contribution in [2.24, 2.45) is 5.92 Å². The summed E-state index contributed by atoms with van der Waals surface area (Å²) in [4.78, 5) is 39.7. The maximum atomic E-state index is 13.7. The monoisotopic (exact) mass is 417 g/mol. The molecule has 1 fully saturated rings. The number of rotatable bonds is 4. The van der Waals surface area contributed by atoms with Crippen LogP contribution in [0.4, 0.5) is 11.4 Å². The van der Waals surface area contributed by atoms with Crippen LogP contribution < -0.4 is 5.32 Å². The molecular formula is C23H19N3O5. The molecule has 156 valence electrons. The van der Waals surface area contributed by atoms with Gasteiger partial charge in [-0.15, -0.1) is 0 Å². The zero-order valence-electron chi connectivity index (χ0n) is 16.6. The molecular weight excluding hydrogens is 398 g/mol. The van der Waals surface area contributed by atoms with Crippen LogP contribution in [0.3, 0.4) is 0 Å². The summed E-state index contributed by atoms with van der Waals surface area (Å²) in [7, 11) is 1.83. The molecule has 31 heavy (non-hydrogen) atoms. The summed E-state index contributed by atoms with van der Waals surface area (Å²) >= 11 is 0. The first-order chi connectivity index (χ1) is 14.9. The Morgan fingerprint density at radius 3 is 2.58 bits per heavy atom. The second-order valence-electron chi connectivity index (χ2n) is 7.92. The van der Waals surface area contributed by atoms with Crippen LogP contribution in [0.5, 0.6) is 0 Å². The summed E-state index contributed by atoms with van der Waals surface area (Å²) in [6.45, 7) is 0.427. The number of furan rings is 1. The minimum absolute atomic E-state index is 0.0253. The Morgan fingerprint density at radius 2 is 1.90 bits per heavy atom. The molecule has 3 aromatic rings. The molecule has 0 saturated carbocycles. The van der Waals surface area contributed by atoms with E-state index in [1.54, 1.807) is 24.3 Å². The molecule has 8 heteroatoms. The third-order valence-corrected chi connectivity index (χ3v) is 6.44. The fraction of sp³-hybridized carbons (Fsp3) is 0.217. The summed E-state index contributed by atoms with van der Waals surface area (Å²) < 4.78 is 5.41. The number of amides is 1. The summed E-state index contributed by atoms with van der Waals surface area (Å²) in [6.07, 6.45) is 1.43. The first kappa shape index (κ1) is 19.2. The highest BCUT2D eigenvalue weighted by Crippen LogP contribution is 2.55. The molecule has 1 N–H and O–H groups in total. The highest BCUT2D eigenvalue weighted by molar-refractivity contribution is 6.11. The second kappa shape index (κ2) is 6.88. The Labute approximate surface area is 177 Å². The number of ketones is 1. The lowest BCUT2D eigenvalue weighted by Gasteiger charge is -2.35. The van der Waals surface area contributed by atoms with Crippen LogP contribution >= 0.6 is 0 Å². The van der Waals surface area contributed by atoms with E-state index >= 15 is 0 Å². The van der Waals surface area contributed by atoms with Gasteiger partial charge in [0.1, 0.15) is 5.54 Å². The van der Waals surface area contributed by atoms with Crippen LogP contribution in [0.15, 0.2) is 71.3 Å². The zero-order valence-corrected chi connectivity index (χ0v) is 16.6. The van der Waals surface area contributed by atoms with Gasteiger partial charge in [-0.05, 0) is 30.8 Å². The van der Waals surface area contributed by atoms with Gasteiger partial charge in [0.2, 0.25) is 11.7 Å². The molecule has 5 rings (SSSR count). The molecule has 2 aromatic carbocycles. The minimum Gasteiger partial charge on any atom is -0.461 e. The van der Waals surface area contributed by atoms with Crippen LogP contribution in [0.2, 0.25) is 0 Å². The molecule has 2 aliphatic heterocycles. The standard InChI is InChI=1S/C23H19N3O5/c1-25-13-16(14-8-10-15(11-9-14)26(29)30)20(21(27)19-7-4-12-31-19)23(25)17-5-2-3-6-18(17)24-22(23)28/h2-12,16,20H,13H2,1H3,(H,24,28)/t16-,20+,23-/m1/s1. The second-order valence-corrected chi connectivity index (χ2v) is 7.92. The predicted octanol–water partition coefficient (Wildman–Crippen LogP) is 3.56. The number of nitrogens with zero attached hydrogens (tertiary/aromatic N) is 2. The largest absolute Gasteiger partial charge is 0.461 e. The van der Waals surface area contributed by atoms with Crippen LogP contribution in [-0.4, -0.2) is 35.1 Å². The number of hydrogen-bond donors (Lipinski definition) is 1. The van der Waals surface area contributed by atoms with Crippen molar-refractivity contribution >= 4 is 23.1 Å². The van der Waals surface area contributed by atoms with E-state index in [1.807, 2.05) is 36.2 Å². The topological polar surface area (TPSA) is 106 Å². The number of hydrogen-bond acceptors (Lipinski definition) is 6. The van der Waals surface area contributed by atoms with E-state index in [-0.39, 0.29) is 29.1 Å². The van der Waals surface area contributed by atoms with Gasteiger partial charge in [0.05, 0.1) is 17.1 Å². The number of non-ortho nitro benzene ring substituents is 1. The molecule has 0 bridgehead atoms. The van der Waals surface area contributed by atoms with Gasteiger partial charge in [0.25, 0.3) is 5.69 Å². The first-order valence-corrected chi connectivity index (χ1v) is 9.89. The maximum Gasteiger partial charge on any atom is 0.269 e. The van der Waals surface area contributed by atoms with Gasteiger partial charge in [0.15, 0.2) is 5.76 Å². The van der Waals surface area contributed by atoms with Crippen molar-refractivity contribution in [3.05, 3.63) is 93.9 Å². The average Bonchev–Trinajstić information content (AvgIpc) is 3.47. The number of carbonyl (C=O) groups excluding carboxylic acids is 2. The van der Waals surface area contributed by atoms with Crippen LogP contribution in [-0.2, 0) is 10.3 Å². The normalized spacial score (nSPS) is 24.9. The Hall–Kier alpha value is -3.78. The number of Topliss-reactive ketones (excluding diaryl/α,β-unsaturated/α-hetero) is 1. The van der Waals surface area contributed by atoms with Gasteiger partial charge in [-0.2, -0.15) is 0 Å². The lowest BCUT2D eigenvalue weighted by Crippen LogP contribution is -2.51. The summed E-state index contributed by atoms with van der Waals surface area (Å²) in [6, 6.07) is 16.8. The smallest absolute Gasteiger partial charge is 0.269 e. The van der Waals surface area contributed by atoms with Gasteiger partial charge in [-0.3, -0.25) is 24.6 Å². The van der Waals surface area contributed by atoms with Gasteiger partial charge in [-0.1, -0.05) is 30.3 Å². The number of anilines is 1. The third-order valence-electron chi connectivity index (χ3n) is 6.44. The van der Waals surface area contributed by atoms with Crippen molar-refractivity contribution in [1.82, 2.24) is 4.90 Å². The Bertz CT molecular complexity index is 1190. The number of carbonyl (C=O) groups is 2. The summed E-state index contributed by atoms with van der Waals surface area (Å²) in [5, 5.41) is 14.0. The highest BCUT2D eigenvalue weighted by atomic mass is 16.6. The number of benzene rings is 2. The predicted molar refractivity (Wildman–Crippen MR) is 112 cm³/mol.